The molecule has 0 aliphatic carbocycles. The van der Waals surface area contributed by atoms with E-state index in [-0.39, 0.29) is 5.69 Å². The minimum absolute atomic E-state index is 0.00812. The molecule has 0 atom stereocenters. The third-order valence-electron chi connectivity index (χ3n) is 4.05. The zero-order chi connectivity index (χ0) is 17.7. The molecule has 0 spiro atoms. The van der Waals surface area contributed by atoms with Crippen LogP contribution in [0, 0.1) is 18.6 Å². The summed E-state index contributed by atoms with van der Waals surface area (Å²) in [5.41, 5.74) is 2.20. The molecule has 0 saturated carbocycles. The number of benzene rings is 1. The van der Waals surface area contributed by atoms with Crippen molar-refractivity contribution in [2.24, 2.45) is 0 Å². The Labute approximate surface area is 140 Å². The number of rotatable bonds is 7. The Bertz CT molecular complexity index is 744. The lowest BCUT2D eigenvalue weighted by molar-refractivity contribution is 0.0689. The number of hydrogen-bond donors (Lipinski definition) is 1. The van der Waals surface area contributed by atoms with Gasteiger partial charge in [-0.1, -0.05) is 26.2 Å². The van der Waals surface area contributed by atoms with Crippen LogP contribution in [0.3, 0.4) is 0 Å². The lowest BCUT2D eigenvalue weighted by Gasteiger charge is -2.12. The third-order valence-corrected chi connectivity index (χ3v) is 4.05. The van der Waals surface area contributed by atoms with Gasteiger partial charge in [-0.15, -0.1) is 0 Å². The van der Waals surface area contributed by atoms with E-state index in [2.05, 4.69) is 11.9 Å². The fourth-order valence-electron chi connectivity index (χ4n) is 2.72. The van der Waals surface area contributed by atoms with E-state index in [4.69, 9.17) is 0 Å². The van der Waals surface area contributed by atoms with E-state index in [1.807, 2.05) is 6.92 Å². The van der Waals surface area contributed by atoms with Gasteiger partial charge in [0.1, 0.15) is 0 Å². The Morgan fingerprint density at radius 3 is 2.50 bits per heavy atom. The number of carbonyl (C=O) groups is 1. The SMILES string of the molecule is CCCCCCc1c(C)cc(-c2ccc(F)c(F)c2)nc1C(=O)O. The fourth-order valence-corrected chi connectivity index (χ4v) is 2.72. The van der Waals surface area contributed by atoms with E-state index >= 15 is 0 Å². The molecule has 1 aromatic heterocycles. The molecule has 0 bridgehead atoms. The first-order chi connectivity index (χ1) is 11.4. The maximum Gasteiger partial charge on any atom is 0.354 e. The Kier molecular flexibility index (Phi) is 6.01. The Morgan fingerprint density at radius 1 is 1.12 bits per heavy atom. The van der Waals surface area contributed by atoms with Gasteiger partial charge in [-0.25, -0.2) is 18.6 Å². The van der Waals surface area contributed by atoms with Crippen LogP contribution in [0.25, 0.3) is 11.3 Å². The highest BCUT2D eigenvalue weighted by molar-refractivity contribution is 5.88. The van der Waals surface area contributed by atoms with Crippen molar-refractivity contribution in [2.75, 3.05) is 0 Å². The molecule has 0 amide bonds. The van der Waals surface area contributed by atoms with Crippen LogP contribution < -0.4 is 0 Å². The smallest absolute Gasteiger partial charge is 0.354 e. The third kappa shape index (κ3) is 4.16. The number of hydrogen-bond acceptors (Lipinski definition) is 2. The van der Waals surface area contributed by atoms with Crippen molar-refractivity contribution >= 4 is 5.97 Å². The molecule has 1 aromatic carbocycles. The lowest BCUT2D eigenvalue weighted by Crippen LogP contribution is -2.09. The van der Waals surface area contributed by atoms with Crippen LogP contribution in [-0.2, 0) is 6.42 Å². The second-order valence-electron chi connectivity index (χ2n) is 5.90. The molecular formula is C19H21F2NO2. The van der Waals surface area contributed by atoms with Crippen molar-refractivity contribution < 1.29 is 18.7 Å². The van der Waals surface area contributed by atoms with E-state index in [1.54, 1.807) is 6.07 Å². The van der Waals surface area contributed by atoms with Crippen molar-refractivity contribution in [2.45, 2.75) is 46.0 Å². The van der Waals surface area contributed by atoms with Crippen LogP contribution in [0.15, 0.2) is 24.3 Å². The number of nitrogens with zero attached hydrogens (tertiary/aromatic N) is 1. The van der Waals surface area contributed by atoms with E-state index in [0.717, 1.165) is 43.4 Å². The van der Waals surface area contributed by atoms with Gasteiger partial charge in [0.2, 0.25) is 0 Å². The molecule has 0 fully saturated rings. The van der Waals surface area contributed by atoms with E-state index in [9.17, 15) is 18.7 Å². The number of carboxylic acid groups (broad SMARTS) is 1. The summed E-state index contributed by atoms with van der Waals surface area (Å²) >= 11 is 0. The van der Waals surface area contributed by atoms with Crippen LogP contribution in [0.4, 0.5) is 8.78 Å². The highest BCUT2D eigenvalue weighted by atomic mass is 19.2. The number of unbranched alkanes of at least 4 members (excludes halogenated alkanes) is 3. The minimum atomic E-state index is -1.10. The van der Waals surface area contributed by atoms with E-state index in [1.165, 1.54) is 6.07 Å². The van der Waals surface area contributed by atoms with Crippen molar-refractivity contribution in [3.8, 4) is 11.3 Å². The molecule has 5 heteroatoms. The van der Waals surface area contributed by atoms with Gasteiger partial charge >= 0.3 is 5.97 Å². The first-order valence-corrected chi connectivity index (χ1v) is 8.13. The van der Waals surface area contributed by atoms with E-state index < -0.39 is 17.6 Å². The van der Waals surface area contributed by atoms with Crippen LogP contribution in [0.2, 0.25) is 0 Å². The van der Waals surface area contributed by atoms with Gasteiger partial charge in [0.15, 0.2) is 17.3 Å². The average molecular weight is 333 g/mol. The summed E-state index contributed by atoms with van der Waals surface area (Å²) in [5, 5.41) is 9.47. The summed E-state index contributed by atoms with van der Waals surface area (Å²) in [7, 11) is 0. The highest BCUT2D eigenvalue weighted by Crippen LogP contribution is 2.25. The molecule has 24 heavy (non-hydrogen) atoms. The molecule has 0 saturated heterocycles. The molecule has 2 aromatic rings. The topological polar surface area (TPSA) is 50.2 Å². The number of halogens is 2. The first-order valence-electron chi connectivity index (χ1n) is 8.13. The van der Waals surface area contributed by atoms with Crippen LogP contribution in [0.5, 0.6) is 0 Å². The average Bonchev–Trinajstić information content (AvgIpc) is 2.54. The largest absolute Gasteiger partial charge is 0.477 e. The molecule has 3 nitrogen and oxygen atoms in total. The summed E-state index contributed by atoms with van der Waals surface area (Å²) in [6.45, 7) is 3.94. The molecule has 0 radical (unpaired) electrons. The van der Waals surface area contributed by atoms with Gasteiger partial charge in [0.05, 0.1) is 5.69 Å². The summed E-state index contributed by atoms with van der Waals surface area (Å²) in [4.78, 5) is 15.8. The standard InChI is InChI=1S/C19H21F2NO2/c1-3-4-5-6-7-14-12(2)10-17(22-18(14)19(23)24)13-8-9-15(20)16(21)11-13/h8-11H,3-7H2,1-2H3,(H,23,24). The summed E-state index contributed by atoms with van der Waals surface area (Å²) < 4.78 is 26.5. The minimum Gasteiger partial charge on any atom is -0.477 e. The summed E-state index contributed by atoms with van der Waals surface area (Å²) in [6, 6.07) is 5.17. The predicted molar refractivity (Wildman–Crippen MR) is 89.1 cm³/mol. The predicted octanol–water partition coefficient (Wildman–Crippen LogP) is 5.16. The van der Waals surface area contributed by atoms with Crippen molar-refractivity contribution in [1.82, 2.24) is 4.98 Å². The van der Waals surface area contributed by atoms with Gasteiger partial charge in [0.25, 0.3) is 0 Å². The van der Waals surface area contributed by atoms with Crippen molar-refractivity contribution in [1.29, 1.82) is 0 Å². The molecule has 2 rings (SSSR count). The maximum atomic E-state index is 13.4. The second-order valence-corrected chi connectivity index (χ2v) is 5.90. The molecule has 1 heterocycles. The number of aryl methyl sites for hydroxylation is 1. The van der Waals surface area contributed by atoms with Gasteiger partial charge in [-0.2, -0.15) is 0 Å². The second kappa shape index (κ2) is 7.99. The lowest BCUT2D eigenvalue weighted by atomic mass is 9.98. The molecule has 0 unspecified atom stereocenters. The molecule has 128 valence electrons. The fraction of sp³-hybridized carbons (Fsp3) is 0.368. The quantitative estimate of drug-likeness (QED) is 0.712. The maximum absolute atomic E-state index is 13.4. The number of carboxylic acids is 1. The van der Waals surface area contributed by atoms with Crippen molar-refractivity contribution in [3.05, 3.63) is 52.7 Å². The zero-order valence-electron chi connectivity index (χ0n) is 13.9. The van der Waals surface area contributed by atoms with Crippen LogP contribution in [-0.4, -0.2) is 16.1 Å². The molecule has 1 N–H and O–H groups in total. The van der Waals surface area contributed by atoms with E-state index in [0.29, 0.717) is 23.2 Å². The zero-order valence-corrected chi connectivity index (χ0v) is 13.9. The summed E-state index contributed by atoms with van der Waals surface area (Å²) in [5.74, 6) is -3.03. The van der Waals surface area contributed by atoms with Crippen molar-refractivity contribution in [3.63, 3.8) is 0 Å². The van der Waals surface area contributed by atoms with Crippen LogP contribution in [0.1, 0.15) is 54.2 Å². The Morgan fingerprint density at radius 2 is 1.88 bits per heavy atom. The van der Waals surface area contributed by atoms with Crippen LogP contribution >= 0.6 is 0 Å². The Hall–Kier alpha value is -2.30. The van der Waals surface area contributed by atoms with Gasteiger partial charge in [-0.05, 0) is 55.2 Å². The number of pyridine rings is 1. The molecule has 0 aliphatic heterocycles. The molecular weight excluding hydrogens is 312 g/mol. The highest BCUT2D eigenvalue weighted by Gasteiger charge is 2.17. The first kappa shape index (κ1) is 18.0. The number of aromatic carboxylic acids is 1. The molecule has 0 aliphatic rings. The summed E-state index contributed by atoms with van der Waals surface area (Å²) in [6.07, 6.45) is 4.82. The monoisotopic (exact) mass is 333 g/mol. The van der Waals surface area contributed by atoms with Gasteiger partial charge < -0.3 is 5.11 Å². The Balaban J connectivity index is 2.38. The van der Waals surface area contributed by atoms with Gasteiger partial charge in [0, 0.05) is 5.56 Å². The number of aromatic nitrogens is 1. The van der Waals surface area contributed by atoms with Gasteiger partial charge in [-0.3, -0.25) is 0 Å². The normalized spacial score (nSPS) is 10.8.